The monoisotopic (exact) mass is 257 g/mol. The first kappa shape index (κ1) is 14.5. The van der Waals surface area contributed by atoms with Crippen LogP contribution in [-0.2, 0) is 4.79 Å². The van der Waals surface area contributed by atoms with Crippen LogP contribution in [0.2, 0.25) is 0 Å². The smallest absolute Gasteiger partial charge is 0.326 e. The second kappa shape index (κ2) is 7.03. The molecule has 0 spiro atoms. The fraction of sp³-hybridized carbons (Fsp3) is 0.357. The molecule has 5 nitrogen and oxygen atoms in total. The predicted octanol–water partition coefficient (Wildman–Crippen LogP) is 2.49. The molecule has 98 valence electrons. The Balaban J connectivity index is 2.89. The minimum atomic E-state index is -0.920. The van der Waals surface area contributed by atoms with E-state index in [0.717, 1.165) is 12.8 Å². The second-order valence-electron chi connectivity index (χ2n) is 4.16. The summed E-state index contributed by atoms with van der Waals surface area (Å²) >= 11 is 0. The van der Waals surface area contributed by atoms with Gasteiger partial charge in [0.1, 0.15) is 18.2 Å². The summed E-state index contributed by atoms with van der Waals surface area (Å²) in [7, 11) is 0. The van der Waals surface area contributed by atoms with E-state index in [2.05, 4.69) is 5.32 Å². The maximum atomic E-state index is 11.1. The van der Waals surface area contributed by atoms with Gasteiger partial charge < -0.3 is 10.4 Å². The van der Waals surface area contributed by atoms with E-state index in [0.29, 0.717) is 12.1 Å². The first-order valence-corrected chi connectivity index (χ1v) is 6.06. The molecule has 0 saturated heterocycles. The van der Waals surface area contributed by atoms with Crippen molar-refractivity contribution in [1.82, 2.24) is 0 Å². The van der Waals surface area contributed by atoms with Crippen LogP contribution in [0.25, 0.3) is 0 Å². The fourth-order valence-electron chi connectivity index (χ4n) is 1.69. The average molecular weight is 257 g/mol. The zero-order valence-corrected chi connectivity index (χ0v) is 10.7. The highest BCUT2D eigenvalue weighted by atomic mass is 16.4. The molecule has 0 heterocycles. The van der Waals surface area contributed by atoms with E-state index in [4.69, 9.17) is 15.6 Å². The van der Waals surface area contributed by atoms with E-state index in [9.17, 15) is 4.79 Å². The number of carboxylic acid groups (broad SMARTS) is 1. The zero-order valence-electron chi connectivity index (χ0n) is 10.7. The lowest BCUT2D eigenvalue weighted by atomic mass is 10.1. The SMILES string of the molecule is CCCCC(Nc1ccc(C#N)c(C#N)c1)C(=O)O. The summed E-state index contributed by atoms with van der Waals surface area (Å²) in [5.74, 6) is -0.920. The van der Waals surface area contributed by atoms with Gasteiger partial charge in [0.25, 0.3) is 0 Å². The summed E-state index contributed by atoms with van der Waals surface area (Å²) in [6, 6.07) is 7.79. The second-order valence-corrected chi connectivity index (χ2v) is 4.16. The highest BCUT2D eigenvalue weighted by Gasteiger charge is 2.16. The molecule has 0 bridgehead atoms. The van der Waals surface area contributed by atoms with Crippen molar-refractivity contribution in [1.29, 1.82) is 10.5 Å². The van der Waals surface area contributed by atoms with Gasteiger partial charge >= 0.3 is 5.97 Å². The van der Waals surface area contributed by atoms with Gasteiger partial charge in [-0.2, -0.15) is 10.5 Å². The number of aliphatic carboxylic acids is 1. The predicted molar refractivity (Wildman–Crippen MR) is 70.4 cm³/mol. The first-order chi connectivity index (χ1) is 9.12. The van der Waals surface area contributed by atoms with Crippen molar-refractivity contribution in [2.24, 2.45) is 0 Å². The van der Waals surface area contributed by atoms with E-state index < -0.39 is 12.0 Å². The van der Waals surface area contributed by atoms with Crippen molar-refractivity contribution in [3.63, 3.8) is 0 Å². The van der Waals surface area contributed by atoms with E-state index in [1.54, 1.807) is 6.07 Å². The summed E-state index contributed by atoms with van der Waals surface area (Å²) in [6.07, 6.45) is 2.25. The van der Waals surface area contributed by atoms with Gasteiger partial charge in [0.2, 0.25) is 0 Å². The molecule has 1 unspecified atom stereocenters. The van der Waals surface area contributed by atoms with Crippen LogP contribution < -0.4 is 5.32 Å². The molecule has 1 atom stereocenters. The number of rotatable bonds is 6. The normalized spacial score (nSPS) is 11.1. The molecular weight excluding hydrogens is 242 g/mol. The summed E-state index contributed by atoms with van der Waals surface area (Å²) in [4.78, 5) is 11.1. The molecule has 1 rings (SSSR count). The molecule has 5 heteroatoms. The van der Waals surface area contributed by atoms with Crippen LogP contribution in [-0.4, -0.2) is 17.1 Å². The Bertz CT molecular complexity index is 541. The third-order valence-corrected chi connectivity index (χ3v) is 2.75. The lowest BCUT2D eigenvalue weighted by Crippen LogP contribution is -2.29. The van der Waals surface area contributed by atoms with Gasteiger partial charge in [0, 0.05) is 5.69 Å². The molecule has 2 N–H and O–H groups in total. The molecule has 0 aliphatic carbocycles. The number of nitrogens with zero attached hydrogens (tertiary/aromatic N) is 2. The molecular formula is C14H15N3O2. The van der Waals surface area contributed by atoms with E-state index >= 15 is 0 Å². The van der Waals surface area contributed by atoms with Gasteiger partial charge in [-0.1, -0.05) is 19.8 Å². The third kappa shape index (κ3) is 4.01. The van der Waals surface area contributed by atoms with Gasteiger partial charge in [-0.15, -0.1) is 0 Å². The van der Waals surface area contributed by atoms with Crippen LogP contribution in [0.4, 0.5) is 5.69 Å². The van der Waals surface area contributed by atoms with Crippen LogP contribution in [0.15, 0.2) is 18.2 Å². The van der Waals surface area contributed by atoms with Crippen LogP contribution in [0, 0.1) is 22.7 Å². The molecule has 1 aromatic carbocycles. The van der Waals surface area contributed by atoms with E-state index in [1.807, 2.05) is 19.1 Å². The van der Waals surface area contributed by atoms with Crippen LogP contribution in [0.5, 0.6) is 0 Å². The lowest BCUT2D eigenvalue weighted by molar-refractivity contribution is -0.138. The molecule has 0 saturated carbocycles. The minimum absolute atomic E-state index is 0.243. The maximum Gasteiger partial charge on any atom is 0.326 e. The number of hydrogen-bond acceptors (Lipinski definition) is 4. The van der Waals surface area contributed by atoms with Gasteiger partial charge in [0.15, 0.2) is 0 Å². The molecule has 1 aromatic rings. The Morgan fingerprint density at radius 1 is 1.37 bits per heavy atom. The molecule has 0 aliphatic heterocycles. The average Bonchev–Trinajstić information content (AvgIpc) is 2.42. The molecule has 0 aliphatic rings. The summed E-state index contributed by atoms with van der Waals surface area (Å²) < 4.78 is 0. The maximum absolute atomic E-state index is 11.1. The molecule has 0 amide bonds. The van der Waals surface area contributed by atoms with Gasteiger partial charge in [-0.25, -0.2) is 4.79 Å². The number of hydrogen-bond donors (Lipinski definition) is 2. The molecule has 19 heavy (non-hydrogen) atoms. The summed E-state index contributed by atoms with van der Waals surface area (Å²) in [6.45, 7) is 1.99. The van der Waals surface area contributed by atoms with Crippen LogP contribution >= 0.6 is 0 Å². The van der Waals surface area contributed by atoms with Crippen molar-refractivity contribution in [3.8, 4) is 12.1 Å². The minimum Gasteiger partial charge on any atom is -0.480 e. The van der Waals surface area contributed by atoms with Crippen LogP contribution in [0.1, 0.15) is 37.3 Å². The van der Waals surface area contributed by atoms with Gasteiger partial charge in [0.05, 0.1) is 11.1 Å². The number of carbonyl (C=O) groups is 1. The number of anilines is 1. The van der Waals surface area contributed by atoms with Crippen LogP contribution in [0.3, 0.4) is 0 Å². The number of benzene rings is 1. The fourth-order valence-corrected chi connectivity index (χ4v) is 1.69. The quantitative estimate of drug-likeness (QED) is 0.816. The van der Waals surface area contributed by atoms with Gasteiger partial charge in [-0.3, -0.25) is 0 Å². The number of nitriles is 2. The Hall–Kier alpha value is -2.53. The standard InChI is InChI=1S/C14H15N3O2/c1-2-3-4-13(14(18)19)17-12-6-5-10(8-15)11(7-12)9-16/h5-7,13,17H,2-4H2,1H3,(H,18,19). The Morgan fingerprint density at radius 2 is 2.05 bits per heavy atom. The van der Waals surface area contributed by atoms with Crippen molar-refractivity contribution in [3.05, 3.63) is 29.3 Å². The third-order valence-electron chi connectivity index (χ3n) is 2.75. The van der Waals surface area contributed by atoms with Crippen molar-refractivity contribution in [2.75, 3.05) is 5.32 Å². The lowest BCUT2D eigenvalue weighted by Gasteiger charge is -2.15. The number of nitrogens with one attached hydrogen (secondary N) is 1. The number of unbranched alkanes of at least 4 members (excludes halogenated alkanes) is 1. The summed E-state index contributed by atoms with van der Waals surface area (Å²) in [5, 5.41) is 29.7. The highest BCUT2D eigenvalue weighted by molar-refractivity contribution is 5.77. The van der Waals surface area contributed by atoms with Crippen molar-refractivity contribution in [2.45, 2.75) is 32.2 Å². The van der Waals surface area contributed by atoms with Crippen molar-refractivity contribution >= 4 is 11.7 Å². The Morgan fingerprint density at radius 3 is 2.58 bits per heavy atom. The molecule has 0 radical (unpaired) electrons. The number of carboxylic acids is 1. The van der Waals surface area contributed by atoms with Crippen molar-refractivity contribution < 1.29 is 9.90 Å². The van der Waals surface area contributed by atoms with Gasteiger partial charge in [-0.05, 0) is 24.6 Å². The zero-order chi connectivity index (χ0) is 14.3. The molecule has 0 fully saturated rings. The van der Waals surface area contributed by atoms with E-state index in [1.165, 1.54) is 12.1 Å². The Labute approximate surface area is 112 Å². The summed E-state index contributed by atoms with van der Waals surface area (Å²) in [5.41, 5.74) is 1.07. The molecule has 0 aromatic heterocycles. The van der Waals surface area contributed by atoms with E-state index in [-0.39, 0.29) is 11.1 Å². The topological polar surface area (TPSA) is 96.9 Å². The highest BCUT2D eigenvalue weighted by Crippen LogP contribution is 2.17. The largest absolute Gasteiger partial charge is 0.480 e. The Kier molecular flexibility index (Phi) is 5.37. The first-order valence-electron chi connectivity index (χ1n) is 6.06.